The van der Waals surface area contributed by atoms with Gasteiger partial charge in [-0.1, -0.05) is 24.4 Å². The maximum Gasteiger partial charge on any atom is 0.119 e. The number of nitrogens with two attached hydrogens (primary N) is 1. The van der Waals surface area contributed by atoms with Crippen molar-refractivity contribution in [1.29, 1.82) is 0 Å². The molecule has 0 bridgehead atoms. The number of aromatic hydroxyl groups is 1. The fraction of sp³-hybridized carbons (Fsp3) is 0.0714. The van der Waals surface area contributed by atoms with E-state index in [0.717, 1.165) is 16.9 Å². The van der Waals surface area contributed by atoms with Crippen LogP contribution in [-0.4, -0.2) is 10.1 Å². The minimum absolute atomic E-state index is 0.250. The van der Waals surface area contributed by atoms with Gasteiger partial charge in [-0.15, -0.1) is 0 Å². The zero-order valence-corrected chi connectivity index (χ0v) is 10.5. The minimum atomic E-state index is 0.250. The zero-order valence-electron chi connectivity index (χ0n) is 9.67. The molecule has 0 spiro atoms. The van der Waals surface area contributed by atoms with Gasteiger partial charge >= 0.3 is 0 Å². The molecule has 3 nitrogen and oxygen atoms in total. The Hall–Kier alpha value is -2.07. The molecule has 18 heavy (non-hydrogen) atoms. The molecule has 92 valence electrons. The summed E-state index contributed by atoms with van der Waals surface area (Å²) in [5.41, 5.74) is 7.32. The molecule has 2 aromatic carbocycles. The van der Waals surface area contributed by atoms with Crippen LogP contribution in [0.1, 0.15) is 11.1 Å². The van der Waals surface area contributed by atoms with E-state index >= 15 is 0 Å². The Bertz CT molecular complexity index is 535. The van der Waals surface area contributed by atoms with Crippen LogP contribution in [0.25, 0.3) is 0 Å². The Kier molecular flexibility index (Phi) is 3.79. The second-order valence-corrected chi connectivity index (χ2v) is 4.28. The van der Waals surface area contributed by atoms with E-state index in [4.69, 9.17) is 27.8 Å². The number of phenols is 1. The SMILES string of the molecule is NC(=S)c1ccc(OCc2ccc(O)cc2)cc1. The monoisotopic (exact) mass is 259 g/mol. The quantitative estimate of drug-likeness (QED) is 0.829. The van der Waals surface area contributed by atoms with E-state index in [1.165, 1.54) is 0 Å². The molecule has 0 fully saturated rings. The molecule has 3 N–H and O–H groups in total. The van der Waals surface area contributed by atoms with E-state index < -0.39 is 0 Å². The third kappa shape index (κ3) is 3.21. The lowest BCUT2D eigenvalue weighted by Gasteiger charge is -2.07. The summed E-state index contributed by atoms with van der Waals surface area (Å²) in [7, 11) is 0. The predicted molar refractivity (Wildman–Crippen MR) is 74.8 cm³/mol. The molecule has 0 aliphatic carbocycles. The topological polar surface area (TPSA) is 55.5 Å². The zero-order chi connectivity index (χ0) is 13.0. The summed E-state index contributed by atoms with van der Waals surface area (Å²) in [6.45, 7) is 0.451. The first-order chi connectivity index (χ1) is 8.65. The highest BCUT2D eigenvalue weighted by Crippen LogP contribution is 2.15. The summed E-state index contributed by atoms with van der Waals surface area (Å²) in [4.78, 5) is 0.375. The Labute approximate surface area is 111 Å². The third-order valence-corrected chi connectivity index (χ3v) is 2.72. The number of hydrogen-bond donors (Lipinski definition) is 2. The van der Waals surface area contributed by atoms with E-state index in [1.54, 1.807) is 12.1 Å². The molecule has 0 aliphatic heterocycles. The normalized spacial score (nSPS) is 10.0. The minimum Gasteiger partial charge on any atom is -0.508 e. The summed E-state index contributed by atoms with van der Waals surface area (Å²) in [5.74, 6) is 1.00. The van der Waals surface area contributed by atoms with Crippen LogP contribution in [0.5, 0.6) is 11.5 Å². The van der Waals surface area contributed by atoms with Gasteiger partial charge in [0, 0.05) is 5.56 Å². The Balaban J connectivity index is 1.97. The molecule has 0 aliphatic rings. The van der Waals surface area contributed by atoms with Crippen molar-refractivity contribution in [1.82, 2.24) is 0 Å². The average Bonchev–Trinajstić information content (AvgIpc) is 2.38. The van der Waals surface area contributed by atoms with Crippen LogP contribution in [-0.2, 0) is 6.61 Å². The molecule has 0 unspecified atom stereocenters. The maximum atomic E-state index is 9.16. The van der Waals surface area contributed by atoms with Crippen LogP contribution >= 0.6 is 12.2 Å². The average molecular weight is 259 g/mol. The highest BCUT2D eigenvalue weighted by atomic mass is 32.1. The molecule has 0 radical (unpaired) electrons. The van der Waals surface area contributed by atoms with Crippen molar-refractivity contribution in [3.63, 3.8) is 0 Å². The molecule has 2 aromatic rings. The number of hydrogen-bond acceptors (Lipinski definition) is 3. The van der Waals surface area contributed by atoms with Gasteiger partial charge in [0.25, 0.3) is 0 Å². The molecule has 0 atom stereocenters. The van der Waals surface area contributed by atoms with Gasteiger partial charge in [-0.05, 0) is 42.0 Å². The van der Waals surface area contributed by atoms with Crippen molar-refractivity contribution in [3.05, 3.63) is 59.7 Å². The lowest BCUT2D eigenvalue weighted by atomic mass is 10.2. The van der Waals surface area contributed by atoms with Crippen molar-refractivity contribution < 1.29 is 9.84 Å². The number of benzene rings is 2. The molecule has 0 saturated heterocycles. The van der Waals surface area contributed by atoms with Gasteiger partial charge in [0.15, 0.2) is 0 Å². The molecular formula is C14H13NO2S. The highest BCUT2D eigenvalue weighted by molar-refractivity contribution is 7.80. The van der Waals surface area contributed by atoms with Gasteiger partial charge in [-0.3, -0.25) is 0 Å². The van der Waals surface area contributed by atoms with E-state index in [0.29, 0.717) is 11.6 Å². The summed E-state index contributed by atoms with van der Waals surface area (Å²) in [5, 5.41) is 9.16. The lowest BCUT2D eigenvalue weighted by molar-refractivity contribution is 0.306. The molecule has 0 heterocycles. The number of ether oxygens (including phenoxy) is 1. The van der Waals surface area contributed by atoms with Crippen LogP contribution in [0.15, 0.2) is 48.5 Å². The maximum absolute atomic E-state index is 9.16. The van der Waals surface area contributed by atoms with E-state index in [9.17, 15) is 0 Å². The van der Waals surface area contributed by atoms with E-state index in [1.807, 2.05) is 36.4 Å². The summed E-state index contributed by atoms with van der Waals surface area (Å²) in [6, 6.07) is 14.2. The molecule has 0 amide bonds. The molecule has 4 heteroatoms. The number of rotatable bonds is 4. The second-order valence-electron chi connectivity index (χ2n) is 3.84. The highest BCUT2D eigenvalue weighted by Gasteiger charge is 1.99. The van der Waals surface area contributed by atoms with Crippen LogP contribution < -0.4 is 10.5 Å². The van der Waals surface area contributed by atoms with Gasteiger partial charge in [0.1, 0.15) is 23.1 Å². The standard InChI is InChI=1S/C14H13NO2S/c15-14(18)11-3-7-13(8-4-11)17-9-10-1-5-12(16)6-2-10/h1-8,16H,9H2,(H2,15,18). The first-order valence-electron chi connectivity index (χ1n) is 5.46. The van der Waals surface area contributed by atoms with Crippen molar-refractivity contribution >= 4 is 17.2 Å². The Morgan fingerprint density at radius 2 is 1.67 bits per heavy atom. The summed E-state index contributed by atoms with van der Waals surface area (Å²) >= 11 is 4.87. The lowest BCUT2D eigenvalue weighted by Crippen LogP contribution is -2.08. The van der Waals surface area contributed by atoms with E-state index in [-0.39, 0.29) is 5.75 Å². The van der Waals surface area contributed by atoms with Gasteiger partial charge < -0.3 is 15.6 Å². The Morgan fingerprint density at radius 1 is 1.06 bits per heavy atom. The van der Waals surface area contributed by atoms with Crippen molar-refractivity contribution in [2.24, 2.45) is 5.73 Å². The predicted octanol–water partition coefficient (Wildman–Crippen LogP) is 2.61. The van der Waals surface area contributed by atoms with Gasteiger partial charge in [0.05, 0.1) is 0 Å². The first kappa shape index (κ1) is 12.4. The molecule has 0 saturated carbocycles. The van der Waals surface area contributed by atoms with Gasteiger partial charge in [-0.2, -0.15) is 0 Å². The summed E-state index contributed by atoms with van der Waals surface area (Å²) < 4.78 is 5.60. The van der Waals surface area contributed by atoms with Crippen molar-refractivity contribution in [2.45, 2.75) is 6.61 Å². The van der Waals surface area contributed by atoms with Crippen LogP contribution in [0.4, 0.5) is 0 Å². The Morgan fingerprint density at radius 3 is 2.22 bits per heavy atom. The second kappa shape index (κ2) is 5.51. The van der Waals surface area contributed by atoms with Crippen molar-refractivity contribution in [3.8, 4) is 11.5 Å². The molecule has 0 aromatic heterocycles. The van der Waals surface area contributed by atoms with Gasteiger partial charge in [0.2, 0.25) is 0 Å². The van der Waals surface area contributed by atoms with Crippen LogP contribution in [0.2, 0.25) is 0 Å². The summed E-state index contributed by atoms with van der Waals surface area (Å²) in [6.07, 6.45) is 0. The van der Waals surface area contributed by atoms with Crippen LogP contribution in [0, 0.1) is 0 Å². The van der Waals surface area contributed by atoms with Crippen molar-refractivity contribution in [2.75, 3.05) is 0 Å². The van der Waals surface area contributed by atoms with Gasteiger partial charge in [-0.25, -0.2) is 0 Å². The number of thiocarbonyl (C=S) groups is 1. The molecular weight excluding hydrogens is 246 g/mol. The third-order valence-electron chi connectivity index (χ3n) is 2.48. The number of phenolic OH excluding ortho intramolecular Hbond substituents is 1. The largest absolute Gasteiger partial charge is 0.508 e. The molecule has 2 rings (SSSR count). The van der Waals surface area contributed by atoms with Crippen LogP contribution in [0.3, 0.4) is 0 Å². The fourth-order valence-corrected chi connectivity index (χ4v) is 1.61. The van der Waals surface area contributed by atoms with E-state index in [2.05, 4.69) is 0 Å². The first-order valence-corrected chi connectivity index (χ1v) is 5.86. The fourth-order valence-electron chi connectivity index (χ4n) is 1.47. The smallest absolute Gasteiger partial charge is 0.119 e.